The van der Waals surface area contributed by atoms with E-state index in [1.165, 1.54) is 6.07 Å². The third kappa shape index (κ3) is 2.72. The number of fused-ring (bicyclic) bond motifs is 1. The van der Waals surface area contributed by atoms with E-state index in [9.17, 15) is 9.18 Å². The summed E-state index contributed by atoms with van der Waals surface area (Å²) in [7, 11) is 0. The second-order valence-electron chi connectivity index (χ2n) is 5.44. The SMILES string of the molecule is Cc1ccc(NC(=O)Cn2c(C)cc3ccccc32)cc1F. The van der Waals surface area contributed by atoms with E-state index in [-0.39, 0.29) is 18.3 Å². The first-order valence-corrected chi connectivity index (χ1v) is 7.15. The number of amides is 1. The summed E-state index contributed by atoms with van der Waals surface area (Å²) in [6, 6.07) is 14.7. The minimum Gasteiger partial charge on any atom is -0.335 e. The van der Waals surface area contributed by atoms with Gasteiger partial charge in [0.2, 0.25) is 5.91 Å². The van der Waals surface area contributed by atoms with E-state index in [1.807, 2.05) is 41.8 Å². The van der Waals surface area contributed by atoms with Crippen molar-refractivity contribution in [1.29, 1.82) is 0 Å². The molecule has 0 fully saturated rings. The molecule has 3 rings (SSSR count). The quantitative estimate of drug-likeness (QED) is 0.777. The maximum absolute atomic E-state index is 13.5. The van der Waals surface area contributed by atoms with Crippen molar-refractivity contribution in [3.05, 3.63) is 65.6 Å². The number of nitrogens with one attached hydrogen (secondary N) is 1. The third-order valence-electron chi connectivity index (χ3n) is 3.78. The van der Waals surface area contributed by atoms with Gasteiger partial charge in [-0.3, -0.25) is 4.79 Å². The molecule has 3 aromatic rings. The standard InChI is InChI=1S/C18H17FN2O/c1-12-7-8-15(10-16(12)19)20-18(22)11-21-13(2)9-14-5-3-4-6-17(14)21/h3-10H,11H2,1-2H3,(H,20,22). The highest BCUT2D eigenvalue weighted by atomic mass is 19.1. The van der Waals surface area contributed by atoms with Crippen LogP contribution in [0.15, 0.2) is 48.5 Å². The van der Waals surface area contributed by atoms with Crippen LogP contribution in [0.5, 0.6) is 0 Å². The molecule has 0 aliphatic carbocycles. The lowest BCUT2D eigenvalue weighted by Crippen LogP contribution is -2.19. The second kappa shape index (κ2) is 5.64. The fourth-order valence-corrected chi connectivity index (χ4v) is 2.57. The first-order valence-electron chi connectivity index (χ1n) is 7.15. The highest BCUT2D eigenvalue weighted by Crippen LogP contribution is 2.19. The molecule has 1 amide bonds. The van der Waals surface area contributed by atoms with Gasteiger partial charge in [0.15, 0.2) is 0 Å². The Morgan fingerprint density at radius 1 is 1.14 bits per heavy atom. The lowest BCUT2D eigenvalue weighted by molar-refractivity contribution is -0.116. The molecule has 0 radical (unpaired) electrons. The molecule has 1 aromatic heterocycles. The van der Waals surface area contributed by atoms with Crippen molar-refractivity contribution in [3.63, 3.8) is 0 Å². The molecule has 0 saturated heterocycles. The van der Waals surface area contributed by atoms with Gasteiger partial charge in [-0.25, -0.2) is 4.39 Å². The minimum atomic E-state index is -0.319. The molecule has 4 heteroatoms. The number of nitrogens with zero attached hydrogens (tertiary/aromatic N) is 1. The Morgan fingerprint density at radius 2 is 1.91 bits per heavy atom. The summed E-state index contributed by atoms with van der Waals surface area (Å²) in [6.07, 6.45) is 0. The fourth-order valence-electron chi connectivity index (χ4n) is 2.57. The summed E-state index contributed by atoms with van der Waals surface area (Å²) >= 11 is 0. The van der Waals surface area contributed by atoms with Gasteiger partial charge >= 0.3 is 0 Å². The van der Waals surface area contributed by atoms with Crippen LogP contribution in [0.3, 0.4) is 0 Å². The van der Waals surface area contributed by atoms with Crippen molar-refractivity contribution in [2.45, 2.75) is 20.4 Å². The molecule has 0 bridgehead atoms. The van der Waals surface area contributed by atoms with Gasteiger partial charge < -0.3 is 9.88 Å². The van der Waals surface area contributed by atoms with Gasteiger partial charge in [-0.1, -0.05) is 24.3 Å². The number of hydrogen-bond acceptors (Lipinski definition) is 1. The first-order chi connectivity index (χ1) is 10.5. The van der Waals surface area contributed by atoms with Crippen LogP contribution in [-0.4, -0.2) is 10.5 Å². The van der Waals surface area contributed by atoms with Crippen LogP contribution in [0, 0.1) is 19.7 Å². The molecule has 22 heavy (non-hydrogen) atoms. The predicted molar refractivity (Wildman–Crippen MR) is 86.4 cm³/mol. The number of hydrogen-bond donors (Lipinski definition) is 1. The van der Waals surface area contributed by atoms with Gasteiger partial charge in [-0.15, -0.1) is 0 Å². The van der Waals surface area contributed by atoms with E-state index in [1.54, 1.807) is 19.1 Å². The van der Waals surface area contributed by atoms with Gasteiger partial charge in [-0.2, -0.15) is 0 Å². The van der Waals surface area contributed by atoms with Crippen LogP contribution in [-0.2, 0) is 11.3 Å². The summed E-state index contributed by atoms with van der Waals surface area (Å²) < 4.78 is 15.5. The normalized spacial score (nSPS) is 10.9. The number of aryl methyl sites for hydroxylation is 2. The van der Waals surface area contributed by atoms with Crippen LogP contribution in [0.4, 0.5) is 10.1 Å². The Balaban J connectivity index is 1.81. The Bertz CT molecular complexity index is 851. The Labute approximate surface area is 128 Å². The van der Waals surface area contributed by atoms with Crippen LogP contribution in [0.1, 0.15) is 11.3 Å². The van der Waals surface area contributed by atoms with Crippen LogP contribution >= 0.6 is 0 Å². The van der Waals surface area contributed by atoms with Crippen molar-refractivity contribution < 1.29 is 9.18 Å². The fraction of sp³-hybridized carbons (Fsp3) is 0.167. The number of benzene rings is 2. The average Bonchev–Trinajstić information content (AvgIpc) is 2.79. The molecule has 1 N–H and O–H groups in total. The van der Waals surface area contributed by atoms with E-state index < -0.39 is 0 Å². The number of para-hydroxylation sites is 1. The summed E-state index contributed by atoms with van der Waals surface area (Å²) in [5, 5.41) is 3.85. The van der Waals surface area contributed by atoms with Crippen molar-refractivity contribution in [2.75, 3.05) is 5.32 Å². The van der Waals surface area contributed by atoms with E-state index in [0.717, 1.165) is 16.6 Å². The third-order valence-corrected chi connectivity index (χ3v) is 3.78. The second-order valence-corrected chi connectivity index (χ2v) is 5.44. The van der Waals surface area contributed by atoms with E-state index in [2.05, 4.69) is 5.32 Å². The van der Waals surface area contributed by atoms with Gasteiger partial charge in [0.05, 0.1) is 0 Å². The van der Waals surface area contributed by atoms with E-state index in [4.69, 9.17) is 0 Å². The molecule has 112 valence electrons. The van der Waals surface area contributed by atoms with Crippen LogP contribution in [0.25, 0.3) is 10.9 Å². The molecule has 0 aliphatic heterocycles. The summed E-state index contributed by atoms with van der Waals surface area (Å²) in [6.45, 7) is 3.86. The number of carbonyl (C=O) groups excluding carboxylic acids is 1. The average molecular weight is 296 g/mol. The van der Waals surface area contributed by atoms with E-state index >= 15 is 0 Å². The van der Waals surface area contributed by atoms with Crippen molar-refractivity contribution in [1.82, 2.24) is 4.57 Å². The summed E-state index contributed by atoms with van der Waals surface area (Å²) in [5.41, 5.74) is 3.07. The number of aromatic nitrogens is 1. The van der Waals surface area contributed by atoms with Crippen LogP contribution < -0.4 is 5.32 Å². The lowest BCUT2D eigenvalue weighted by atomic mass is 10.2. The topological polar surface area (TPSA) is 34.0 Å². The van der Waals surface area contributed by atoms with Crippen LogP contribution in [0.2, 0.25) is 0 Å². The molecule has 0 saturated carbocycles. The number of halogens is 1. The lowest BCUT2D eigenvalue weighted by Gasteiger charge is -2.10. The number of carbonyl (C=O) groups is 1. The van der Waals surface area contributed by atoms with Crippen molar-refractivity contribution >= 4 is 22.5 Å². The first kappa shape index (κ1) is 14.3. The maximum atomic E-state index is 13.5. The number of rotatable bonds is 3. The van der Waals surface area contributed by atoms with Crippen molar-refractivity contribution in [3.8, 4) is 0 Å². The van der Waals surface area contributed by atoms with Gasteiger partial charge in [0.25, 0.3) is 0 Å². The van der Waals surface area contributed by atoms with Gasteiger partial charge in [0.1, 0.15) is 12.4 Å². The maximum Gasteiger partial charge on any atom is 0.244 e. The smallest absolute Gasteiger partial charge is 0.244 e. The minimum absolute atomic E-state index is 0.173. The summed E-state index contributed by atoms with van der Waals surface area (Å²) in [4.78, 5) is 12.2. The highest BCUT2D eigenvalue weighted by molar-refractivity contribution is 5.92. The number of anilines is 1. The molecule has 1 heterocycles. The Morgan fingerprint density at radius 3 is 2.68 bits per heavy atom. The summed E-state index contributed by atoms with van der Waals surface area (Å²) in [5.74, 6) is -0.492. The van der Waals surface area contributed by atoms with Gasteiger partial charge in [-0.05, 0) is 49.1 Å². The largest absolute Gasteiger partial charge is 0.335 e. The van der Waals surface area contributed by atoms with Crippen molar-refractivity contribution in [2.24, 2.45) is 0 Å². The zero-order valence-corrected chi connectivity index (χ0v) is 12.6. The molecule has 0 atom stereocenters. The molecule has 2 aromatic carbocycles. The zero-order chi connectivity index (χ0) is 15.7. The monoisotopic (exact) mass is 296 g/mol. The predicted octanol–water partition coefficient (Wildman–Crippen LogP) is 4.04. The Hall–Kier alpha value is -2.62. The highest BCUT2D eigenvalue weighted by Gasteiger charge is 2.10. The molecule has 0 aliphatic rings. The zero-order valence-electron chi connectivity index (χ0n) is 12.6. The van der Waals surface area contributed by atoms with E-state index in [0.29, 0.717) is 11.3 Å². The van der Waals surface area contributed by atoms with Gasteiger partial charge in [0, 0.05) is 16.9 Å². The Kier molecular flexibility index (Phi) is 3.67. The molecular formula is C18H17FN2O. The molecule has 0 spiro atoms. The molecule has 0 unspecified atom stereocenters. The molecule has 3 nitrogen and oxygen atoms in total. The molecular weight excluding hydrogens is 279 g/mol.